The zero-order chi connectivity index (χ0) is 13.1. The molecule has 94 valence electrons. The van der Waals surface area contributed by atoms with E-state index in [0.29, 0.717) is 0 Å². The summed E-state index contributed by atoms with van der Waals surface area (Å²) in [4.78, 5) is 0. The summed E-state index contributed by atoms with van der Waals surface area (Å²) in [6.07, 6.45) is 0. The van der Waals surface area contributed by atoms with Crippen LogP contribution in [0, 0.1) is 13.8 Å². The summed E-state index contributed by atoms with van der Waals surface area (Å²) in [6.45, 7) is 4.06. The van der Waals surface area contributed by atoms with Crippen LogP contribution in [-0.4, -0.2) is 0 Å². The summed E-state index contributed by atoms with van der Waals surface area (Å²) in [5.74, 6) is 5.67. The van der Waals surface area contributed by atoms with E-state index in [-0.39, 0.29) is 6.04 Å². The van der Waals surface area contributed by atoms with Crippen molar-refractivity contribution in [3.05, 3.63) is 69.7 Å². The first kappa shape index (κ1) is 13.1. The van der Waals surface area contributed by atoms with Gasteiger partial charge in [0, 0.05) is 5.02 Å². The van der Waals surface area contributed by atoms with Gasteiger partial charge in [0.25, 0.3) is 0 Å². The maximum Gasteiger partial charge on any atom is 0.0710 e. The lowest BCUT2D eigenvalue weighted by molar-refractivity contribution is 0.636. The Kier molecular flexibility index (Phi) is 4.02. The van der Waals surface area contributed by atoms with Crippen molar-refractivity contribution < 1.29 is 0 Å². The Hall–Kier alpha value is -1.35. The second-order valence-corrected chi connectivity index (χ2v) is 4.93. The molecule has 18 heavy (non-hydrogen) atoms. The van der Waals surface area contributed by atoms with E-state index in [0.717, 1.165) is 21.7 Å². The third-order valence-corrected chi connectivity index (χ3v) is 3.51. The monoisotopic (exact) mass is 260 g/mol. The predicted molar refractivity (Wildman–Crippen MR) is 76.5 cm³/mol. The minimum Gasteiger partial charge on any atom is -0.271 e. The molecule has 2 aromatic rings. The molecule has 3 heteroatoms. The van der Waals surface area contributed by atoms with Gasteiger partial charge >= 0.3 is 0 Å². The van der Waals surface area contributed by atoms with Crippen molar-refractivity contribution >= 4 is 11.6 Å². The smallest absolute Gasteiger partial charge is 0.0710 e. The highest BCUT2D eigenvalue weighted by molar-refractivity contribution is 6.31. The molecule has 2 nitrogen and oxygen atoms in total. The van der Waals surface area contributed by atoms with Crippen molar-refractivity contribution in [2.45, 2.75) is 19.9 Å². The third-order valence-electron chi connectivity index (χ3n) is 3.11. The number of hydrazine groups is 1. The molecule has 0 saturated heterocycles. The SMILES string of the molecule is Cc1ccc(C(NN)c2ccc(C)c(Cl)c2)cc1. The van der Waals surface area contributed by atoms with E-state index < -0.39 is 0 Å². The number of hydrogen-bond donors (Lipinski definition) is 2. The standard InChI is InChI=1S/C15H17ClN2/c1-10-3-6-12(7-4-10)15(18-17)13-8-5-11(2)14(16)9-13/h3-9,15,18H,17H2,1-2H3. The average molecular weight is 261 g/mol. The van der Waals surface area contributed by atoms with E-state index in [2.05, 4.69) is 36.6 Å². The van der Waals surface area contributed by atoms with Gasteiger partial charge in [-0.1, -0.05) is 53.6 Å². The second kappa shape index (κ2) is 5.53. The summed E-state index contributed by atoms with van der Waals surface area (Å²) in [7, 11) is 0. The fourth-order valence-electron chi connectivity index (χ4n) is 1.93. The molecule has 0 aliphatic rings. The molecule has 2 aromatic carbocycles. The molecule has 0 heterocycles. The summed E-state index contributed by atoms with van der Waals surface area (Å²) in [5, 5.41) is 0.764. The minimum atomic E-state index is -0.0382. The Labute approximate surface area is 113 Å². The lowest BCUT2D eigenvalue weighted by Crippen LogP contribution is -2.28. The molecule has 0 radical (unpaired) electrons. The van der Waals surface area contributed by atoms with Crippen LogP contribution in [0.3, 0.4) is 0 Å². The van der Waals surface area contributed by atoms with E-state index in [4.69, 9.17) is 17.4 Å². The highest BCUT2D eigenvalue weighted by Gasteiger charge is 2.12. The molecule has 0 amide bonds. The van der Waals surface area contributed by atoms with Crippen LogP contribution in [0.2, 0.25) is 5.02 Å². The number of hydrogen-bond acceptors (Lipinski definition) is 2. The third kappa shape index (κ3) is 2.72. The van der Waals surface area contributed by atoms with E-state index in [9.17, 15) is 0 Å². The Morgan fingerprint density at radius 2 is 1.61 bits per heavy atom. The fraction of sp³-hybridized carbons (Fsp3) is 0.200. The van der Waals surface area contributed by atoms with Gasteiger partial charge in [-0.2, -0.15) is 0 Å². The molecule has 1 atom stereocenters. The zero-order valence-electron chi connectivity index (χ0n) is 10.6. The quantitative estimate of drug-likeness (QED) is 0.655. The van der Waals surface area contributed by atoms with Crippen molar-refractivity contribution in [2.24, 2.45) is 5.84 Å². The predicted octanol–water partition coefficient (Wildman–Crippen LogP) is 3.51. The Bertz CT molecular complexity index is 535. The lowest BCUT2D eigenvalue weighted by Gasteiger charge is -2.18. The van der Waals surface area contributed by atoms with Gasteiger partial charge in [-0.15, -0.1) is 0 Å². The molecule has 0 aliphatic heterocycles. The van der Waals surface area contributed by atoms with Gasteiger partial charge in [-0.05, 0) is 36.6 Å². The number of rotatable bonds is 3. The highest BCUT2D eigenvalue weighted by Crippen LogP contribution is 2.25. The van der Waals surface area contributed by atoms with Crippen LogP contribution in [-0.2, 0) is 0 Å². The molecule has 2 rings (SSSR count). The molecular formula is C15H17ClN2. The van der Waals surface area contributed by atoms with Gasteiger partial charge in [-0.25, -0.2) is 5.43 Å². The normalized spacial score (nSPS) is 12.4. The summed E-state index contributed by atoms with van der Waals surface area (Å²) < 4.78 is 0. The van der Waals surface area contributed by atoms with Crippen LogP contribution < -0.4 is 11.3 Å². The lowest BCUT2D eigenvalue weighted by atomic mass is 9.97. The molecule has 0 spiro atoms. The largest absolute Gasteiger partial charge is 0.271 e. The Morgan fingerprint density at radius 1 is 1.00 bits per heavy atom. The molecule has 1 unspecified atom stereocenters. The fourth-order valence-corrected chi connectivity index (χ4v) is 2.12. The number of aryl methyl sites for hydroxylation is 2. The van der Waals surface area contributed by atoms with Gasteiger partial charge in [-0.3, -0.25) is 5.84 Å². The van der Waals surface area contributed by atoms with Crippen LogP contribution in [0.15, 0.2) is 42.5 Å². The van der Waals surface area contributed by atoms with Crippen LogP contribution in [0.1, 0.15) is 28.3 Å². The first-order valence-corrected chi connectivity index (χ1v) is 6.28. The topological polar surface area (TPSA) is 38.0 Å². The highest BCUT2D eigenvalue weighted by atomic mass is 35.5. The Morgan fingerprint density at radius 3 is 2.17 bits per heavy atom. The Balaban J connectivity index is 2.38. The van der Waals surface area contributed by atoms with E-state index in [1.54, 1.807) is 0 Å². The second-order valence-electron chi connectivity index (χ2n) is 4.52. The van der Waals surface area contributed by atoms with E-state index in [1.165, 1.54) is 5.56 Å². The molecule has 0 bridgehead atoms. The van der Waals surface area contributed by atoms with Crippen molar-refractivity contribution in [1.82, 2.24) is 5.43 Å². The molecule has 0 fully saturated rings. The molecule has 0 saturated carbocycles. The molecule has 3 N–H and O–H groups in total. The van der Waals surface area contributed by atoms with E-state index >= 15 is 0 Å². The molecule has 0 aromatic heterocycles. The van der Waals surface area contributed by atoms with Gasteiger partial charge in [0.15, 0.2) is 0 Å². The van der Waals surface area contributed by atoms with E-state index in [1.807, 2.05) is 25.1 Å². The minimum absolute atomic E-state index is 0.0382. The van der Waals surface area contributed by atoms with Crippen molar-refractivity contribution in [3.63, 3.8) is 0 Å². The van der Waals surface area contributed by atoms with Gasteiger partial charge in [0.1, 0.15) is 0 Å². The van der Waals surface area contributed by atoms with Crippen LogP contribution in [0.25, 0.3) is 0 Å². The van der Waals surface area contributed by atoms with Crippen LogP contribution >= 0.6 is 11.6 Å². The average Bonchev–Trinajstić information content (AvgIpc) is 2.37. The first-order chi connectivity index (χ1) is 8.61. The number of nitrogens with two attached hydrogens (primary N) is 1. The summed E-state index contributed by atoms with van der Waals surface area (Å²) >= 11 is 6.16. The van der Waals surface area contributed by atoms with Gasteiger partial charge in [0.2, 0.25) is 0 Å². The maximum absolute atomic E-state index is 6.16. The number of benzene rings is 2. The first-order valence-electron chi connectivity index (χ1n) is 5.90. The molecular weight excluding hydrogens is 244 g/mol. The summed E-state index contributed by atoms with van der Waals surface area (Å²) in [5.41, 5.74) is 7.34. The maximum atomic E-state index is 6.16. The van der Waals surface area contributed by atoms with Crippen molar-refractivity contribution in [1.29, 1.82) is 0 Å². The van der Waals surface area contributed by atoms with Crippen molar-refractivity contribution in [3.8, 4) is 0 Å². The van der Waals surface area contributed by atoms with Crippen molar-refractivity contribution in [2.75, 3.05) is 0 Å². The van der Waals surface area contributed by atoms with Gasteiger partial charge < -0.3 is 0 Å². The van der Waals surface area contributed by atoms with Crippen LogP contribution in [0.5, 0.6) is 0 Å². The zero-order valence-corrected chi connectivity index (χ0v) is 11.3. The number of halogens is 1. The summed E-state index contributed by atoms with van der Waals surface area (Å²) in [6, 6.07) is 14.3. The van der Waals surface area contributed by atoms with Gasteiger partial charge in [0.05, 0.1) is 6.04 Å². The van der Waals surface area contributed by atoms with Crippen LogP contribution in [0.4, 0.5) is 0 Å². The molecule has 0 aliphatic carbocycles. The number of nitrogens with one attached hydrogen (secondary N) is 1.